The van der Waals surface area contributed by atoms with Gasteiger partial charge in [-0.3, -0.25) is 14.6 Å². The molecule has 2 heterocycles. The predicted octanol–water partition coefficient (Wildman–Crippen LogP) is 2.88. The molecule has 2 amide bonds. The van der Waals surface area contributed by atoms with Crippen molar-refractivity contribution in [1.29, 1.82) is 0 Å². The molecule has 0 saturated heterocycles. The highest BCUT2D eigenvalue weighted by Gasteiger charge is 2.17. The number of aromatic nitrogens is 4. The van der Waals surface area contributed by atoms with Gasteiger partial charge < -0.3 is 10.6 Å². The number of nitrogens with zero attached hydrogens (tertiary/aromatic N) is 4. The van der Waals surface area contributed by atoms with Crippen LogP contribution in [0.2, 0.25) is 0 Å². The smallest absolute Gasteiger partial charge is 0.278 e. The van der Waals surface area contributed by atoms with Crippen molar-refractivity contribution < 1.29 is 9.59 Å². The maximum absolute atomic E-state index is 12.5. The summed E-state index contributed by atoms with van der Waals surface area (Å²) in [7, 11) is 0. The molecule has 144 valence electrons. The Labute approximate surface area is 163 Å². The van der Waals surface area contributed by atoms with E-state index in [-0.39, 0.29) is 23.4 Å². The first-order valence-corrected chi connectivity index (χ1v) is 8.95. The summed E-state index contributed by atoms with van der Waals surface area (Å²) in [6.07, 6.45) is 3.42. The maximum Gasteiger partial charge on any atom is 0.278 e. The van der Waals surface area contributed by atoms with Gasteiger partial charge in [-0.1, -0.05) is 19.1 Å². The van der Waals surface area contributed by atoms with E-state index in [0.717, 1.165) is 5.56 Å². The molecule has 0 spiro atoms. The van der Waals surface area contributed by atoms with E-state index in [0.29, 0.717) is 23.6 Å². The normalized spacial score (nSPS) is 10.7. The topological polar surface area (TPSA) is 102 Å². The third kappa shape index (κ3) is 4.59. The van der Waals surface area contributed by atoms with Crippen LogP contribution >= 0.6 is 0 Å². The Hall–Kier alpha value is -3.55. The van der Waals surface area contributed by atoms with Crippen LogP contribution in [0.3, 0.4) is 0 Å². The molecule has 0 aliphatic rings. The molecule has 0 bridgehead atoms. The van der Waals surface area contributed by atoms with Crippen LogP contribution in [0.4, 0.5) is 11.4 Å². The van der Waals surface area contributed by atoms with Crippen molar-refractivity contribution >= 4 is 23.2 Å². The summed E-state index contributed by atoms with van der Waals surface area (Å²) in [6.45, 7) is 5.97. The number of carbonyl (C=O) groups is 2. The number of hydrogen-bond donors (Lipinski definition) is 2. The Kier molecular flexibility index (Phi) is 5.78. The molecular formula is C20H22N6O2. The molecule has 2 aromatic heterocycles. The fraction of sp³-hybridized carbons (Fsp3) is 0.250. The molecule has 0 unspecified atom stereocenters. The molecule has 28 heavy (non-hydrogen) atoms. The average molecular weight is 378 g/mol. The summed E-state index contributed by atoms with van der Waals surface area (Å²) in [4.78, 5) is 28.3. The highest BCUT2D eigenvalue weighted by atomic mass is 16.2. The van der Waals surface area contributed by atoms with Crippen molar-refractivity contribution in [1.82, 2.24) is 20.0 Å². The van der Waals surface area contributed by atoms with Crippen LogP contribution in [0, 0.1) is 12.8 Å². The number of benzene rings is 1. The molecule has 3 aromatic rings. The van der Waals surface area contributed by atoms with Gasteiger partial charge in [0.2, 0.25) is 5.91 Å². The Morgan fingerprint density at radius 2 is 1.61 bits per heavy atom. The van der Waals surface area contributed by atoms with Gasteiger partial charge in [-0.05, 0) is 48.9 Å². The van der Waals surface area contributed by atoms with Gasteiger partial charge >= 0.3 is 0 Å². The lowest BCUT2D eigenvalue weighted by molar-refractivity contribution is -0.118. The third-order valence-electron chi connectivity index (χ3n) is 4.21. The number of nitrogens with one attached hydrogen (secondary N) is 2. The number of rotatable bonds is 6. The van der Waals surface area contributed by atoms with Crippen LogP contribution in [-0.4, -0.2) is 31.8 Å². The summed E-state index contributed by atoms with van der Waals surface area (Å²) in [6, 6.07) is 10.7. The predicted molar refractivity (Wildman–Crippen MR) is 106 cm³/mol. The van der Waals surface area contributed by atoms with Crippen LogP contribution in [-0.2, 0) is 11.3 Å². The van der Waals surface area contributed by atoms with Gasteiger partial charge in [0.25, 0.3) is 5.91 Å². The number of carbonyl (C=O) groups excluding carboxylic acids is 2. The summed E-state index contributed by atoms with van der Waals surface area (Å²) in [5.41, 5.74) is 3.25. The SMILES string of the molecule is Cc1c(C(=O)Nc2ccc(NC(=O)C(C)C)cc2)nnn1Cc1ccncc1. The Morgan fingerprint density at radius 1 is 1.00 bits per heavy atom. The molecule has 0 aliphatic heterocycles. The fourth-order valence-corrected chi connectivity index (χ4v) is 2.50. The van der Waals surface area contributed by atoms with Crippen molar-refractivity contribution in [2.45, 2.75) is 27.3 Å². The molecule has 2 N–H and O–H groups in total. The van der Waals surface area contributed by atoms with E-state index < -0.39 is 0 Å². The Morgan fingerprint density at radius 3 is 2.21 bits per heavy atom. The van der Waals surface area contributed by atoms with Gasteiger partial charge in [0.1, 0.15) is 0 Å². The van der Waals surface area contributed by atoms with Crippen LogP contribution in [0.1, 0.15) is 35.6 Å². The summed E-state index contributed by atoms with van der Waals surface area (Å²) in [5.74, 6) is -0.493. The second kappa shape index (κ2) is 8.43. The zero-order chi connectivity index (χ0) is 20.1. The summed E-state index contributed by atoms with van der Waals surface area (Å²) in [5, 5.41) is 13.7. The number of amides is 2. The molecule has 8 heteroatoms. The van der Waals surface area contributed by atoms with E-state index in [9.17, 15) is 9.59 Å². The minimum atomic E-state index is -0.336. The van der Waals surface area contributed by atoms with E-state index in [1.165, 1.54) is 0 Å². The number of hydrogen-bond acceptors (Lipinski definition) is 5. The summed E-state index contributed by atoms with van der Waals surface area (Å²) >= 11 is 0. The van der Waals surface area contributed by atoms with E-state index in [1.807, 2.05) is 26.0 Å². The van der Waals surface area contributed by atoms with Crippen molar-refractivity contribution in [2.24, 2.45) is 5.92 Å². The van der Waals surface area contributed by atoms with E-state index >= 15 is 0 Å². The first-order chi connectivity index (χ1) is 13.4. The molecule has 3 rings (SSSR count). The standard InChI is InChI=1S/C20H22N6O2/c1-13(2)19(27)22-16-4-6-17(7-5-16)23-20(28)18-14(3)26(25-24-18)12-15-8-10-21-11-9-15/h4-11,13H,12H2,1-3H3,(H,22,27)(H,23,28). The number of pyridine rings is 1. The molecule has 8 nitrogen and oxygen atoms in total. The summed E-state index contributed by atoms with van der Waals surface area (Å²) < 4.78 is 1.68. The molecular weight excluding hydrogens is 356 g/mol. The van der Waals surface area contributed by atoms with Gasteiger partial charge in [0.05, 0.1) is 12.2 Å². The number of anilines is 2. The quantitative estimate of drug-likeness (QED) is 0.687. The lowest BCUT2D eigenvalue weighted by atomic mass is 10.2. The van der Waals surface area contributed by atoms with E-state index in [4.69, 9.17) is 0 Å². The van der Waals surface area contributed by atoms with Crippen LogP contribution < -0.4 is 10.6 Å². The average Bonchev–Trinajstić information content (AvgIpc) is 3.04. The lowest BCUT2D eigenvalue weighted by Crippen LogP contribution is -2.18. The van der Waals surface area contributed by atoms with Gasteiger partial charge in [-0.25, -0.2) is 4.68 Å². The fourth-order valence-electron chi connectivity index (χ4n) is 2.50. The molecule has 1 aromatic carbocycles. The Balaban J connectivity index is 1.66. The minimum absolute atomic E-state index is 0.0572. The van der Waals surface area contributed by atoms with Crippen molar-refractivity contribution in [3.63, 3.8) is 0 Å². The van der Waals surface area contributed by atoms with Crippen LogP contribution in [0.15, 0.2) is 48.8 Å². The van der Waals surface area contributed by atoms with Crippen LogP contribution in [0.25, 0.3) is 0 Å². The third-order valence-corrected chi connectivity index (χ3v) is 4.21. The van der Waals surface area contributed by atoms with Crippen molar-refractivity contribution in [3.05, 3.63) is 65.7 Å². The molecule has 0 saturated carbocycles. The molecule has 0 radical (unpaired) electrons. The van der Waals surface area contributed by atoms with Crippen LogP contribution in [0.5, 0.6) is 0 Å². The minimum Gasteiger partial charge on any atom is -0.326 e. The molecule has 0 atom stereocenters. The molecule has 0 fully saturated rings. The monoisotopic (exact) mass is 378 g/mol. The zero-order valence-electron chi connectivity index (χ0n) is 16.0. The first kappa shape index (κ1) is 19.2. The molecule has 0 aliphatic carbocycles. The zero-order valence-corrected chi connectivity index (χ0v) is 16.0. The van der Waals surface area contributed by atoms with E-state index in [2.05, 4.69) is 25.9 Å². The van der Waals surface area contributed by atoms with Gasteiger partial charge in [-0.15, -0.1) is 5.10 Å². The van der Waals surface area contributed by atoms with E-state index in [1.54, 1.807) is 48.3 Å². The van der Waals surface area contributed by atoms with Gasteiger partial charge in [0, 0.05) is 29.7 Å². The highest BCUT2D eigenvalue weighted by Crippen LogP contribution is 2.16. The highest BCUT2D eigenvalue weighted by molar-refractivity contribution is 6.03. The lowest BCUT2D eigenvalue weighted by Gasteiger charge is -2.09. The largest absolute Gasteiger partial charge is 0.326 e. The first-order valence-electron chi connectivity index (χ1n) is 8.95. The van der Waals surface area contributed by atoms with Gasteiger partial charge in [0.15, 0.2) is 5.69 Å². The second-order valence-electron chi connectivity index (χ2n) is 6.71. The van der Waals surface area contributed by atoms with Crippen molar-refractivity contribution in [2.75, 3.05) is 10.6 Å². The maximum atomic E-state index is 12.5. The second-order valence-corrected chi connectivity index (χ2v) is 6.71. The van der Waals surface area contributed by atoms with Crippen molar-refractivity contribution in [3.8, 4) is 0 Å². The van der Waals surface area contributed by atoms with Gasteiger partial charge in [-0.2, -0.15) is 0 Å². The Bertz CT molecular complexity index is 964.